The monoisotopic (exact) mass is 546 g/mol. The van der Waals surface area contributed by atoms with Crippen molar-refractivity contribution in [1.29, 1.82) is 0 Å². The fourth-order valence-corrected chi connectivity index (χ4v) is 5.82. The number of hydrogen-bond donors (Lipinski definition) is 0. The molecule has 0 atom stereocenters. The smallest absolute Gasteiger partial charge is 0.338 e. The molecule has 0 bridgehead atoms. The zero-order valence-corrected chi connectivity index (χ0v) is 23.2. The van der Waals surface area contributed by atoms with Crippen LogP contribution in [0.3, 0.4) is 0 Å². The van der Waals surface area contributed by atoms with E-state index in [1.54, 1.807) is 12.1 Å². The van der Waals surface area contributed by atoms with Crippen molar-refractivity contribution in [2.45, 2.75) is 109 Å². The summed E-state index contributed by atoms with van der Waals surface area (Å²) >= 11 is 0. The Labute approximate surface area is 230 Å². The van der Waals surface area contributed by atoms with Gasteiger partial charge < -0.3 is 14.2 Å². The van der Waals surface area contributed by atoms with Gasteiger partial charge in [0, 0.05) is 6.61 Å². The fraction of sp³-hybridized carbons (Fsp3) is 0.594. The molecule has 0 aliphatic heterocycles. The minimum absolute atomic E-state index is 0.0204. The van der Waals surface area contributed by atoms with Crippen molar-refractivity contribution in [1.82, 2.24) is 0 Å². The number of hydrogen-bond acceptors (Lipinski definition) is 4. The number of carbonyl (C=O) groups excluding carboxylic acids is 1. The van der Waals surface area contributed by atoms with Crippen LogP contribution in [0.5, 0.6) is 5.75 Å². The van der Waals surface area contributed by atoms with Crippen LogP contribution < -0.4 is 4.74 Å². The molecular formula is C32H41F3O4. The molecule has 0 unspecified atom stereocenters. The van der Waals surface area contributed by atoms with Crippen LogP contribution in [0.1, 0.15) is 118 Å². The Morgan fingerprint density at radius 3 is 1.90 bits per heavy atom. The predicted molar refractivity (Wildman–Crippen MR) is 145 cm³/mol. The van der Waals surface area contributed by atoms with Gasteiger partial charge in [-0.2, -0.15) is 0 Å². The van der Waals surface area contributed by atoms with Crippen LogP contribution in [-0.4, -0.2) is 31.4 Å². The summed E-state index contributed by atoms with van der Waals surface area (Å²) in [5.74, 6) is -2.63. The van der Waals surface area contributed by atoms with Crippen molar-refractivity contribution in [3.05, 3.63) is 64.5 Å². The van der Waals surface area contributed by atoms with Crippen LogP contribution in [0.2, 0.25) is 0 Å². The van der Waals surface area contributed by atoms with E-state index >= 15 is 8.78 Å². The van der Waals surface area contributed by atoms with Gasteiger partial charge in [-0.25, -0.2) is 18.0 Å². The molecule has 2 aliphatic carbocycles. The van der Waals surface area contributed by atoms with Gasteiger partial charge in [-0.3, -0.25) is 0 Å². The molecule has 2 aromatic rings. The van der Waals surface area contributed by atoms with Gasteiger partial charge in [0.05, 0.1) is 18.3 Å². The number of carbonyl (C=O) groups is 1. The number of unbranched alkanes of at least 4 members (excludes halogenated alkanes) is 1. The van der Waals surface area contributed by atoms with Crippen molar-refractivity contribution in [2.75, 3.05) is 13.2 Å². The maximum absolute atomic E-state index is 15.2. The Kier molecular flexibility index (Phi) is 10.7. The summed E-state index contributed by atoms with van der Waals surface area (Å²) in [6.45, 7) is 5.27. The molecule has 2 aliphatic rings. The maximum atomic E-state index is 15.2. The first-order valence-electron chi connectivity index (χ1n) is 14.6. The van der Waals surface area contributed by atoms with E-state index in [1.165, 1.54) is 12.1 Å². The quantitative estimate of drug-likeness (QED) is 0.209. The van der Waals surface area contributed by atoms with E-state index in [0.29, 0.717) is 43.4 Å². The normalized spacial score (nSPS) is 23.4. The van der Waals surface area contributed by atoms with Gasteiger partial charge in [0.25, 0.3) is 0 Å². The van der Waals surface area contributed by atoms with Gasteiger partial charge in [0.1, 0.15) is 6.10 Å². The molecule has 0 spiro atoms. The highest BCUT2D eigenvalue weighted by Crippen LogP contribution is 2.40. The lowest BCUT2D eigenvalue weighted by Crippen LogP contribution is -2.25. The average Bonchev–Trinajstić information content (AvgIpc) is 2.95. The second kappa shape index (κ2) is 14.2. The number of halogens is 3. The first kappa shape index (κ1) is 29.4. The second-order valence-corrected chi connectivity index (χ2v) is 10.9. The molecule has 4 rings (SSSR count). The Hall–Kier alpha value is -2.54. The van der Waals surface area contributed by atoms with Crippen molar-refractivity contribution < 1.29 is 32.2 Å². The Bertz CT molecular complexity index is 1090. The summed E-state index contributed by atoms with van der Waals surface area (Å²) in [4.78, 5) is 12.6. The van der Waals surface area contributed by atoms with Crippen LogP contribution in [0.25, 0.3) is 0 Å². The van der Waals surface area contributed by atoms with Gasteiger partial charge in [-0.15, -0.1) is 0 Å². The molecule has 0 heterocycles. The highest BCUT2D eigenvalue weighted by atomic mass is 19.2. The van der Waals surface area contributed by atoms with Crippen LogP contribution in [0.4, 0.5) is 13.2 Å². The lowest BCUT2D eigenvalue weighted by Gasteiger charge is -2.31. The van der Waals surface area contributed by atoms with E-state index in [9.17, 15) is 9.18 Å². The van der Waals surface area contributed by atoms with Crippen LogP contribution >= 0.6 is 0 Å². The van der Waals surface area contributed by atoms with Gasteiger partial charge in [0.2, 0.25) is 0 Å². The SMILES string of the molecule is CCCCOc1ccc(C(=O)OC2CCC(c3ccc(C4CCC(OCCC)CC4)c(F)c3F)CC2)cc1F. The third-order valence-corrected chi connectivity index (χ3v) is 8.12. The molecule has 2 saturated carbocycles. The van der Waals surface area contributed by atoms with E-state index in [1.807, 2.05) is 6.92 Å². The number of benzene rings is 2. The molecule has 0 amide bonds. The first-order valence-corrected chi connectivity index (χ1v) is 14.6. The van der Waals surface area contributed by atoms with Gasteiger partial charge in [-0.1, -0.05) is 32.4 Å². The molecule has 0 radical (unpaired) electrons. The lowest BCUT2D eigenvalue weighted by atomic mass is 9.79. The molecule has 214 valence electrons. The standard InChI is InChI=1S/C32H41F3O4/c1-3-5-19-38-29-17-10-23(20-28(29)33)32(36)39-25-13-8-22(9-14-25)27-16-15-26(30(34)31(27)35)21-6-11-24(12-7-21)37-18-4-2/h10,15-17,20-22,24-25H,3-9,11-14,18-19H2,1-2H3. The van der Waals surface area contributed by atoms with Gasteiger partial charge in [0.15, 0.2) is 23.2 Å². The number of esters is 1. The fourth-order valence-electron chi connectivity index (χ4n) is 5.82. The third-order valence-electron chi connectivity index (χ3n) is 8.12. The maximum Gasteiger partial charge on any atom is 0.338 e. The zero-order valence-electron chi connectivity index (χ0n) is 23.2. The second-order valence-electron chi connectivity index (χ2n) is 10.9. The highest BCUT2D eigenvalue weighted by Gasteiger charge is 2.31. The van der Waals surface area contributed by atoms with Crippen molar-refractivity contribution in [2.24, 2.45) is 0 Å². The molecule has 0 aromatic heterocycles. The van der Waals surface area contributed by atoms with E-state index < -0.39 is 23.4 Å². The largest absolute Gasteiger partial charge is 0.491 e. The van der Waals surface area contributed by atoms with Gasteiger partial charge >= 0.3 is 5.97 Å². The molecule has 39 heavy (non-hydrogen) atoms. The predicted octanol–water partition coefficient (Wildman–Crippen LogP) is 8.62. The minimum atomic E-state index is -0.742. The molecule has 0 saturated heterocycles. The van der Waals surface area contributed by atoms with Crippen LogP contribution in [0, 0.1) is 17.5 Å². The Balaban J connectivity index is 1.29. The summed E-state index contributed by atoms with van der Waals surface area (Å²) in [6, 6.07) is 7.60. The summed E-state index contributed by atoms with van der Waals surface area (Å²) < 4.78 is 61.6. The minimum Gasteiger partial charge on any atom is -0.491 e. The topological polar surface area (TPSA) is 44.8 Å². The van der Waals surface area contributed by atoms with Crippen LogP contribution in [-0.2, 0) is 9.47 Å². The Morgan fingerprint density at radius 1 is 0.769 bits per heavy atom. The summed E-state index contributed by atoms with van der Waals surface area (Å²) in [5, 5.41) is 0. The van der Waals surface area contributed by atoms with Crippen molar-refractivity contribution in [3.8, 4) is 5.75 Å². The molecule has 2 aromatic carbocycles. The summed E-state index contributed by atoms with van der Waals surface area (Å²) in [7, 11) is 0. The Morgan fingerprint density at radius 2 is 1.36 bits per heavy atom. The van der Waals surface area contributed by atoms with E-state index in [4.69, 9.17) is 14.2 Å². The highest BCUT2D eigenvalue weighted by molar-refractivity contribution is 5.89. The molecule has 2 fully saturated rings. The molecule has 0 N–H and O–H groups in total. The van der Waals surface area contributed by atoms with E-state index in [-0.39, 0.29) is 35.4 Å². The molecule has 4 nitrogen and oxygen atoms in total. The average molecular weight is 547 g/mol. The van der Waals surface area contributed by atoms with E-state index in [0.717, 1.165) is 57.6 Å². The lowest BCUT2D eigenvalue weighted by molar-refractivity contribution is 0.0193. The summed E-state index contributed by atoms with van der Waals surface area (Å²) in [6.07, 6.45) is 8.25. The zero-order chi connectivity index (χ0) is 27.8. The third kappa shape index (κ3) is 7.56. The van der Waals surface area contributed by atoms with Crippen molar-refractivity contribution >= 4 is 5.97 Å². The van der Waals surface area contributed by atoms with Gasteiger partial charge in [-0.05, 0) is 105 Å². The first-order chi connectivity index (χ1) is 18.9. The molecule has 7 heteroatoms. The summed E-state index contributed by atoms with van der Waals surface area (Å²) in [5.41, 5.74) is 1.01. The van der Waals surface area contributed by atoms with Crippen LogP contribution in [0.15, 0.2) is 30.3 Å². The molecular weight excluding hydrogens is 505 g/mol. The van der Waals surface area contributed by atoms with E-state index in [2.05, 4.69) is 6.92 Å². The number of ether oxygens (including phenoxy) is 3. The number of rotatable bonds is 11. The van der Waals surface area contributed by atoms with Crippen molar-refractivity contribution in [3.63, 3.8) is 0 Å².